The first-order valence-electron chi connectivity index (χ1n) is 7.33. The number of unbranched alkanes of at least 4 members (excludes halogenated alkanes) is 3. The van der Waals surface area contributed by atoms with Crippen molar-refractivity contribution in [2.75, 3.05) is 6.61 Å². The summed E-state index contributed by atoms with van der Waals surface area (Å²) in [5.74, 6) is 1.01. The van der Waals surface area contributed by atoms with Gasteiger partial charge in [0.15, 0.2) is 0 Å². The van der Waals surface area contributed by atoms with E-state index in [1.807, 2.05) is 0 Å². The van der Waals surface area contributed by atoms with Gasteiger partial charge in [-0.2, -0.15) is 0 Å². The van der Waals surface area contributed by atoms with E-state index in [4.69, 9.17) is 4.74 Å². The molecule has 0 fully saturated rings. The molecule has 0 radical (unpaired) electrons. The number of aliphatic hydroxyl groups excluding tert-OH is 1. The SMILES string of the molecule is CCCCCCC(O)Cc1cc(Br)cc2c1OCC2. The van der Waals surface area contributed by atoms with Gasteiger partial charge in [0.05, 0.1) is 12.7 Å². The standard InChI is InChI=1S/C16H23BrO2/c1-2-3-4-5-6-15(18)11-13-10-14(17)9-12-7-8-19-16(12)13/h9-10,15,18H,2-8,11H2,1H3. The Hall–Kier alpha value is -0.540. The van der Waals surface area contributed by atoms with Crippen LogP contribution < -0.4 is 4.74 Å². The van der Waals surface area contributed by atoms with Gasteiger partial charge in [0.25, 0.3) is 0 Å². The Balaban J connectivity index is 1.92. The van der Waals surface area contributed by atoms with Gasteiger partial charge in [-0.15, -0.1) is 0 Å². The van der Waals surface area contributed by atoms with Crippen LogP contribution in [0.5, 0.6) is 5.75 Å². The highest BCUT2D eigenvalue weighted by atomic mass is 79.9. The molecule has 3 heteroatoms. The molecule has 1 unspecified atom stereocenters. The highest BCUT2D eigenvalue weighted by Gasteiger charge is 2.19. The van der Waals surface area contributed by atoms with Gasteiger partial charge in [0, 0.05) is 17.3 Å². The van der Waals surface area contributed by atoms with Crippen LogP contribution in [-0.2, 0) is 12.8 Å². The molecule has 0 spiro atoms. The number of aliphatic hydroxyl groups is 1. The maximum atomic E-state index is 10.2. The molecular weight excluding hydrogens is 304 g/mol. The van der Waals surface area contributed by atoms with Crippen molar-refractivity contribution >= 4 is 15.9 Å². The molecule has 0 aromatic heterocycles. The molecule has 0 aliphatic carbocycles. The minimum absolute atomic E-state index is 0.251. The number of rotatable bonds is 7. The van der Waals surface area contributed by atoms with Crippen molar-refractivity contribution in [1.29, 1.82) is 0 Å². The van der Waals surface area contributed by atoms with Gasteiger partial charge in [0.2, 0.25) is 0 Å². The van der Waals surface area contributed by atoms with Crippen LogP contribution >= 0.6 is 15.9 Å². The topological polar surface area (TPSA) is 29.5 Å². The molecule has 0 bridgehead atoms. The Morgan fingerprint density at radius 1 is 1.32 bits per heavy atom. The van der Waals surface area contributed by atoms with Crippen LogP contribution in [0.15, 0.2) is 16.6 Å². The zero-order valence-electron chi connectivity index (χ0n) is 11.6. The maximum Gasteiger partial charge on any atom is 0.125 e. The minimum Gasteiger partial charge on any atom is -0.493 e. The van der Waals surface area contributed by atoms with E-state index in [1.165, 1.54) is 24.8 Å². The van der Waals surface area contributed by atoms with Crippen molar-refractivity contribution in [1.82, 2.24) is 0 Å². The fourth-order valence-corrected chi connectivity index (χ4v) is 3.21. The number of ether oxygens (including phenoxy) is 1. The monoisotopic (exact) mass is 326 g/mol. The summed E-state index contributed by atoms with van der Waals surface area (Å²) in [4.78, 5) is 0. The molecule has 0 saturated carbocycles. The Morgan fingerprint density at radius 3 is 2.95 bits per heavy atom. The lowest BCUT2D eigenvalue weighted by molar-refractivity contribution is 0.160. The normalized spacial score (nSPS) is 15.1. The molecule has 0 saturated heterocycles. The second-order valence-corrected chi connectivity index (χ2v) is 6.27. The Labute approximate surface area is 124 Å². The van der Waals surface area contributed by atoms with Crippen molar-refractivity contribution in [2.24, 2.45) is 0 Å². The minimum atomic E-state index is -0.251. The first-order valence-corrected chi connectivity index (χ1v) is 8.12. The largest absolute Gasteiger partial charge is 0.493 e. The van der Waals surface area contributed by atoms with E-state index in [-0.39, 0.29) is 6.10 Å². The number of fused-ring (bicyclic) bond motifs is 1. The Kier molecular flexibility index (Phi) is 5.71. The van der Waals surface area contributed by atoms with Crippen LogP contribution in [0.3, 0.4) is 0 Å². The van der Waals surface area contributed by atoms with Gasteiger partial charge in [-0.3, -0.25) is 0 Å². The van der Waals surface area contributed by atoms with Crippen LogP contribution in [0.25, 0.3) is 0 Å². The second-order valence-electron chi connectivity index (χ2n) is 5.36. The van der Waals surface area contributed by atoms with Gasteiger partial charge in [-0.05, 0) is 29.7 Å². The van der Waals surface area contributed by atoms with Gasteiger partial charge in [-0.1, -0.05) is 48.5 Å². The van der Waals surface area contributed by atoms with E-state index < -0.39 is 0 Å². The van der Waals surface area contributed by atoms with E-state index in [2.05, 4.69) is 35.0 Å². The molecule has 1 N–H and O–H groups in total. The van der Waals surface area contributed by atoms with Crippen LogP contribution in [0.1, 0.15) is 50.2 Å². The number of halogens is 1. The first-order chi connectivity index (χ1) is 9.20. The third kappa shape index (κ3) is 4.22. The van der Waals surface area contributed by atoms with Crippen molar-refractivity contribution in [3.05, 3.63) is 27.7 Å². The summed E-state index contributed by atoms with van der Waals surface area (Å²) in [6.07, 6.45) is 7.17. The summed E-state index contributed by atoms with van der Waals surface area (Å²) in [6, 6.07) is 4.21. The maximum absolute atomic E-state index is 10.2. The molecule has 1 heterocycles. The predicted octanol–water partition coefficient (Wildman–Crippen LogP) is 4.26. The van der Waals surface area contributed by atoms with E-state index in [0.29, 0.717) is 6.42 Å². The molecule has 1 aromatic carbocycles. The molecule has 1 aliphatic rings. The van der Waals surface area contributed by atoms with Gasteiger partial charge in [0.1, 0.15) is 5.75 Å². The lowest BCUT2D eigenvalue weighted by Crippen LogP contribution is -2.11. The van der Waals surface area contributed by atoms with E-state index in [9.17, 15) is 5.11 Å². The number of hydrogen-bond donors (Lipinski definition) is 1. The third-order valence-corrected chi connectivity index (χ3v) is 4.13. The number of hydrogen-bond acceptors (Lipinski definition) is 2. The quantitative estimate of drug-likeness (QED) is 0.758. The van der Waals surface area contributed by atoms with Gasteiger partial charge >= 0.3 is 0 Å². The summed E-state index contributed by atoms with van der Waals surface area (Å²) in [5.41, 5.74) is 2.41. The van der Waals surface area contributed by atoms with Gasteiger partial charge < -0.3 is 9.84 Å². The molecule has 2 nitrogen and oxygen atoms in total. The summed E-state index contributed by atoms with van der Waals surface area (Å²) < 4.78 is 6.78. The molecule has 106 valence electrons. The van der Waals surface area contributed by atoms with Crippen LogP contribution in [0.4, 0.5) is 0 Å². The van der Waals surface area contributed by atoms with Crippen molar-refractivity contribution < 1.29 is 9.84 Å². The fourth-order valence-electron chi connectivity index (χ4n) is 2.66. The van der Waals surface area contributed by atoms with Crippen molar-refractivity contribution in [3.63, 3.8) is 0 Å². The molecular formula is C16H23BrO2. The third-order valence-electron chi connectivity index (χ3n) is 3.67. The van der Waals surface area contributed by atoms with Crippen LogP contribution in [-0.4, -0.2) is 17.8 Å². The highest BCUT2D eigenvalue weighted by molar-refractivity contribution is 9.10. The Bertz CT molecular complexity index is 417. The zero-order chi connectivity index (χ0) is 13.7. The molecule has 19 heavy (non-hydrogen) atoms. The van der Waals surface area contributed by atoms with Crippen LogP contribution in [0.2, 0.25) is 0 Å². The molecule has 1 atom stereocenters. The highest BCUT2D eigenvalue weighted by Crippen LogP contribution is 2.34. The van der Waals surface area contributed by atoms with E-state index >= 15 is 0 Å². The predicted molar refractivity (Wildman–Crippen MR) is 81.8 cm³/mol. The van der Waals surface area contributed by atoms with Gasteiger partial charge in [-0.25, -0.2) is 0 Å². The fraction of sp³-hybridized carbons (Fsp3) is 0.625. The summed E-state index contributed by atoms with van der Waals surface area (Å²) in [6.45, 7) is 2.98. The molecule has 1 aromatic rings. The lowest BCUT2D eigenvalue weighted by Gasteiger charge is -2.14. The van der Waals surface area contributed by atoms with Crippen LogP contribution in [0, 0.1) is 0 Å². The second kappa shape index (κ2) is 7.30. The van der Waals surface area contributed by atoms with E-state index in [1.54, 1.807) is 0 Å². The Morgan fingerprint density at radius 2 is 2.16 bits per heavy atom. The summed E-state index contributed by atoms with van der Waals surface area (Å²) >= 11 is 3.54. The number of benzene rings is 1. The van der Waals surface area contributed by atoms with Crippen molar-refractivity contribution in [3.8, 4) is 5.75 Å². The molecule has 2 rings (SSSR count). The van der Waals surface area contributed by atoms with E-state index in [0.717, 1.165) is 41.7 Å². The average Bonchev–Trinajstić information content (AvgIpc) is 2.82. The van der Waals surface area contributed by atoms with Crippen molar-refractivity contribution in [2.45, 2.75) is 58.0 Å². The summed E-state index contributed by atoms with van der Waals surface area (Å²) in [5, 5.41) is 10.2. The first kappa shape index (κ1) is 14.9. The summed E-state index contributed by atoms with van der Waals surface area (Å²) in [7, 11) is 0. The smallest absolute Gasteiger partial charge is 0.125 e. The lowest BCUT2D eigenvalue weighted by atomic mass is 9.99. The zero-order valence-corrected chi connectivity index (χ0v) is 13.2. The average molecular weight is 327 g/mol. The molecule has 0 amide bonds. The molecule has 1 aliphatic heterocycles.